The first-order chi connectivity index (χ1) is 7.20. The van der Waals surface area contributed by atoms with Crippen LogP contribution >= 0.6 is 15.9 Å². The van der Waals surface area contributed by atoms with Crippen molar-refractivity contribution in [1.29, 1.82) is 0 Å². The molecule has 1 fully saturated rings. The van der Waals surface area contributed by atoms with E-state index in [9.17, 15) is 4.79 Å². The molecule has 1 aromatic rings. The van der Waals surface area contributed by atoms with Crippen LogP contribution < -0.4 is 5.32 Å². The lowest BCUT2D eigenvalue weighted by molar-refractivity contribution is 0.0947. The Bertz CT molecular complexity index is 391. The number of amides is 1. The maximum absolute atomic E-state index is 11.7. The van der Waals surface area contributed by atoms with E-state index in [4.69, 9.17) is 5.11 Å². The molecule has 1 aliphatic carbocycles. The Labute approximate surface area is 95.8 Å². The minimum absolute atomic E-state index is 0.157. The van der Waals surface area contributed by atoms with E-state index in [1.807, 2.05) is 0 Å². The van der Waals surface area contributed by atoms with Crippen molar-refractivity contribution in [1.82, 2.24) is 10.3 Å². The van der Waals surface area contributed by atoms with Crippen molar-refractivity contribution in [2.45, 2.75) is 25.5 Å². The van der Waals surface area contributed by atoms with E-state index in [2.05, 4.69) is 26.2 Å². The number of carbonyl (C=O) groups excluding carboxylic acids is 1. The van der Waals surface area contributed by atoms with Gasteiger partial charge in [-0.3, -0.25) is 9.78 Å². The first-order valence-electron chi connectivity index (χ1n) is 4.77. The number of pyridine rings is 1. The molecule has 1 saturated carbocycles. The van der Waals surface area contributed by atoms with Gasteiger partial charge in [-0.2, -0.15) is 0 Å². The molecule has 5 heteroatoms. The number of aromatic nitrogens is 1. The van der Waals surface area contributed by atoms with Gasteiger partial charge >= 0.3 is 0 Å². The highest BCUT2D eigenvalue weighted by Gasteiger charge is 2.25. The molecule has 0 aliphatic heterocycles. The number of carbonyl (C=O) groups is 1. The molecule has 1 aromatic heterocycles. The van der Waals surface area contributed by atoms with Crippen LogP contribution in [0.3, 0.4) is 0 Å². The molecule has 0 unspecified atom stereocenters. The molecule has 0 spiro atoms. The number of aliphatic hydroxyl groups is 1. The third kappa shape index (κ3) is 2.54. The molecule has 0 bridgehead atoms. The Hall–Kier alpha value is -0.940. The molecule has 0 aromatic carbocycles. The second-order valence-corrected chi connectivity index (χ2v) is 4.47. The van der Waals surface area contributed by atoms with E-state index in [1.165, 1.54) is 0 Å². The van der Waals surface area contributed by atoms with Crippen LogP contribution in [0.2, 0.25) is 0 Å². The normalized spacial score (nSPS) is 15.1. The van der Waals surface area contributed by atoms with Crippen LogP contribution in [0.5, 0.6) is 0 Å². The van der Waals surface area contributed by atoms with Crippen molar-refractivity contribution in [3.63, 3.8) is 0 Å². The van der Waals surface area contributed by atoms with Crippen molar-refractivity contribution in [2.24, 2.45) is 0 Å². The fourth-order valence-electron chi connectivity index (χ4n) is 1.28. The number of rotatable bonds is 3. The molecule has 80 valence electrons. The largest absolute Gasteiger partial charge is 0.390 e. The van der Waals surface area contributed by atoms with E-state index in [0.717, 1.165) is 17.3 Å². The summed E-state index contributed by atoms with van der Waals surface area (Å²) in [5.41, 5.74) is 0.857. The van der Waals surface area contributed by atoms with Crippen molar-refractivity contribution in [3.8, 4) is 0 Å². The summed E-state index contributed by atoms with van der Waals surface area (Å²) in [5.74, 6) is -0.157. The van der Waals surface area contributed by atoms with Crippen LogP contribution in [0, 0.1) is 0 Å². The molecule has 2 rings (SSSR count). The zero-order valence-corrected chi connectivity index (χ0v) is 9.62. The maximum Gasteiger partial charge on any atom is 0.253 e. The van der Waals surface area contributed by atoms with E-state index in [1.54, 1.807) is 12.3 Å². The fourth-order valence-corrected chi connectivity index (χ4v) is 1.61. The summed E-state index contributed by atoms with van der Waals surface area (Å²) >= 11 is 3.25. The SMILES string of the molecule is O=C(NC1CC1)c1cc(Br)cnc1CO. The third-order valence-corrected chi connectivity index (χ3v) is 2.68. The van der Waals surface area contributed by atoms with E-state index in [-0.39, 0.29) is 12.5 Å². The molecule has 0 atom stereocenters. The number of halogens is 1. The third-order valence-electron chi connectivity index (χ3n) is 2.24. The van der Waals surface area contributed by atoms with Gasteiger partial charge in [0.1, 0.15) is 0 Å². The van der Waals surface area contributed by atoms with Crippen LogP contribution in [-0.4, -0.2) is 22.0 Å². The first kappa shape index (κ1) is 10.6. The van der Waals surface area contributed by atoms with Crippen molar-refractivity contribution in [3.05, 3.63) is 28.0 Å². The second kappa shape index (κ2) is 4.28. The topological polar surface area (TPSA) is 62.2 Å². The predicted octanol–water partition coefficient (Wildman–Crippen LogP) is 1.23. The molecule has 0 radical (unpaired) electrons. The monoisotopic (exact) mass is 270 g/mol. The number of aliphatic hydroxyl groups excluding tert-OH is 1. The van der Waals surface area contributed by atoms with Gasteiger partial charge in [-0.25, -0.2) is 0 Å². The predicted molar refractivity (Wildman–Crippen MR) is 58.3 cm³/mol. The lowest BCUT2D eigenvalue weighted by Crippen LogP contribution is -2.26. The Morgan fingerprint density at radius 3 is 3.00 bits per heavy atom. The lowest BCUT2D eigenvalue weighted by Gasteiger charge is -2.07. The Kier molecular flexibility index (Phi) is 3.02. The average molecular weight is 271 g/mol. The van der Waals surface area contributed by atoms with Crippen molar-refractivity contribution < 1.29 is 9.90 Å². The van der Waals surface area contributed by atoms with Gasteiger partial charge in [0.05, 0.1) is 17.9 Å². The summed E-state index contributed by atoms with van der Waals surface area (Å²) in [6.45, 7) is -0.222. The summed E-state index contributed by atoms with van der Waals surface area (Å²) in [7, 11) is 0. The molecule has 2 N–H and O–H groups in total. The summed E-state index contributed by atoms with van der Waals surface area (Å²) in [6.07, 6.45) is 3.66. The molecule has 15 heavy (non-hydrogen) atoms. The van der Waals surface area contributed by atoms with Gasteiger partial charge in [0.25, 0.3) is 5.91 Å². The second-order valence-electron chi connectivity index (χ2n) is 3.55. The van der Waals surface area contributed by atoms with Crippen LogP contribution in [-0.2, 0) is 6.61 Å². The van der Waals surface area contributed by atoms with Gasteiger partial charge in [-0.1, -0.05) is 0 Å². The zero-order chi connectivity index (χ0) is 10.8. The van der Waals surface area contributed by atoms with Gasteiger partial charge in [0.15, 0.2) is 0 Å². The zero-order valence-electron chi connectivity index (χ0n) is 8.03. The highest BCUT2D eigenvalue weighted by Crippen LogP contribution is 2.20. The molecule has 1 heterocycles. The smallest absolute Gasteiger partial charge is 0.253 e. The molecule has 0 saturated heterocycles. The summed E-state index contributed by atoms with van der Waals surface area (Å²) in [5, 5.41) is 11.9. The van der Waals surface area contributed by atoms with Gasteiger partial charge in [0.2, 0.25) is 0 Å². The highest BCUT2D eigenvalue weighted by molar-refractivity contribution is 9.10. The number of hydrogen-bond donors (Lipinski definition) is 2. The minimum atomic E-state index is -0.222. The highest BCUT2D eigenvalue weighted by atomic mass is 79.9. The summed E-state index contributed by atoms with van der Waals surface area (Å²) in [6, 6.07) is 1.99. The fraction of sp³-hybridized carbons (Fsp3) is 0.400. The summed E-state index contributed by atoms with van der Waals surface area (Å²) < 4.78 is 0.737. The standard InChI is InChI=1S/C10H11BrN2O2/c11-6-3-8(9(5-14)12-4-6)10(15)13-7-1-2-7/h3-4,7,14H,1-2,5H2,(H,13,15). The van der Waals surface area contributed by atoms with E-state index >= 15 is 0 Å². The Morgan fingerprint density at radius 1 is 1.67 bits per heavy atom. The lowest BCUT2D eigenvalue weighted by atomic mass is 10.2. The van der Waals surface area contributed by atoms with Crippen molar-refractivity contribution in [2.75, 3.05) is 0 Å². The quantitative estimate of drug-likeness (QED) is 0.869. The molecule has 1 amide bonds. The minimum Gasteiger partial charge on any atom is -0.390 e. The van der Waals surface area contributed by atoms with E-state index < -0.39 is 0 Å². The van der Waals surface area contributed by atoms with Gasteiger partial charge in [-0.15, -0.1) is 0 Å². The molecular weight excluding hydrogens is 260 g/mol. The van der Waals surface area contributed by atoms with Crippen LogP contribution in [0.4, 0.5) is 0 Å². The first-order valence-corrected chi connectivity index (χ1v) is 5.56. The maximum atomic E-state index is 11.7. The van der Waals surface area contributed by atoms with Gasteiger partial charge < -0.3 is 10.4 Å². The van der Waals surface area contributed by atoms with Gasteiger partial charge in [0, 0.05) is 16.7 Å². The Morgan fingerprint density at radius 2 is 2.40 bits per heavy atom. The van der Waals surface area contributed by atoms with E-state index in [0.29, 0.717) is 17.3 Å². The number of nitrogens with one attached hydrogen (secondary N) is 1. The summed E-state index contributed by atoms with van der Waals surface area (Å²) in [4.78, 5) is 15.7. The average Bonchev–Trinajstić information content (AvgIpc) is 3.01. The number of nitrogens with zero attached hydrogens (tertiary/aromatic N) is 1. The molecular formula is C10H11BrN2O2. The van der Waals surface area contributed by atoms with Crippen molar-refractivity contribution >= 4 is 21.8 Å². The van der Waals surface area contributed by atoms with Crippen LogP contribution in [0.25, 0.3) is 0 Å². The molecule has 1 aliphatic rings. The Balaban J connectivity index is 2.23. The van der Waals surface area contributed by atoms with Crippen LogP contribution in [0.1, 0.15) is 28.9 Å². The number of hydrogen-bond acceptors (Lipinski definition) is 3. The molecule has 4 nitrogen and oxygen atoms in total. The van der Waals surface area contributed by atoms with Gasteiger partial charge in [-0.05, 0) is 34.8 Å². The van der Waals surface area contributed by atoms with Crippen LogP contribution in [0.15, 0.2) is 16.7 Å².